The predicted molar refractivity (Wildman–Crippen MR) is 118 cm³/mol. The van der Waals surface area contributed by atoms with Crippen LogP contribution in [0.15, 0.2) is 29.3 Å². The van der Waals surface area contributed by atoms with E-state index in [-0.39, 0.29) is 41.7 Å². The van der Waals surface area contributed by atoms with Crippen LogP contribution in [-0.4, -0.2) is 63.2 Å². The van der Waals surface area contributed by atoms with E-state index in [4.69, 9.17) is 4.74 Å². The molecule has 188 valence electrons. The van der Waals surface area contributed by atoms with Gasteiger partial charge in [-0.15, -0.1) is 0 Å². The van der Waals surface area contributed by atoms with E-state index in [2.05, 4.69) is 15.4 Å². The molecule has 3 amide bonds. The van der Waals surface area contributed by atoms with Crippen molar-refractivity contribution < 1.29 is 36.5 Å². The molecular weight excluding hydrogens is 491 g/mol. The number of alkyl halides is 2. The minimum atomic E-state index is -3.06. The zero-order valence-corrected chi connectivity index (χ0v) is 19.5. The summed E-state index contributed by atoms with van der Waals surface area (Å²) in [5.74, 6) is -3.26. The summed E-state index contributed by atoms with van der Waals surface area (Å²) < 4.78 is 62.7. The van der Waals surface area contributed by atoms with Gasteiger partial charge in [-0.05, 0) is 25.1 Å². The summed E-state index contributed by atoms with van der Waals surface area (Å²) in [5.41, 5.74) is -1.82. The van der Waals surface area contributed by atoms with Crippen molar-refractivity contribution in [2.75, 3.05) is 31.6 Å². The Morgan fingerprint density at radius 3 is 2.66 bits per heavy atom. The highest BCUT2D eigenvalue weighted by Gasteiger charge is 2.50. The lowest BCUT2D eigenvalue weighted by Gasteiger charge is -2.48. The van der Waals surface area contributed by atoms with Crippen LogP contribution >= 0.6 is 0 Å². The van der Waals surface area contributed by atoms with Crippen LogP contribution in [0.3, 0.4) is 0 Å². The molecule has 2 aliphatic heterocycles. The maximum absolute atomic E-state index is 13.6. The Labute approximate surface area is 200 Å². The van der Waals surface area contributed by atoms with Crippen LogP contribution in [0.2, 0.25) is 0 Å². The van der Waals surface area contributed by atoms with Crippen LogP contribution in [-0.2, 0) is 27.6 Å². The van der Waals surface area contributed by atoms with E-state index >= 15 is 0 Å². The van der Waals surface area contributed by atoms with Gasteiger partial charge in [-0.2, -0.15) is 0 Å². The molecule has 1 unspecified atom stereocenters. The number of likely N-dealkylation sites (tertiary alicyclic amines) is 1. The molecule has 1 spiro atoms. The van der Waals surface area contributed by atoms with Crippen LogP contribution in [0.4, 0.5) is 18.9 Å². The summed E-state index contributed by atoms with van der Waals surface area (Å²) in [6.07, 6.45) is -1.63. The molecule has 2 aromatic rings. The fourth-order valence-corrected chi connectivity index (χ4v) is 5.21. The third kappa shape index (κ3) is 4.62. The highest BCUT2D eigenvalue weighted by molar-refractivity contribution is 7.83. The Morgan fingerprint density at radius 2 is 2.00 bits per heavy atom. The van der Waals surface area contributed by atoms with E-state index < -0.39 is 52.1 Å². The molecule has 4 rings (SSSR count). The molecule has 35 heavy (non-hydrogen) atoms. The number of carbonyl (C=O) groups excluding carboxylic acids is 3. The number of carbonyl (C=O) groups is 3. The molecule has 3 N–H and O–H groups in total. The Morgan fingerprint density at radius 1 is 1.29 bits per heavy atom. The number of amides is 3. The van der Waals surface area contributed by atoms with E-state index in [9.17, 15) is 31.8 Å². The Bertz CT molecular complexity index is 1230. The summed E-state index contributed by atoms with van der Waals surface area (Å²) in [6.45, 7) is 2.07. The third-order valence-corrected chi connectivity index (χ3v) is 6.92. The molecule has 0 bridgehead atoms. The van der Waals surface area contributed by atoms with Crippen molar-refractivity contribution >= 4 is 34.4 Å². The lowest BCUT2D eigenvalue weighted by atomic mass is 9.92. The standard InChI is InChI=1S/C21H22F3N5O5S/c1-3-25-19(31)20(32)29-8-21(9-29)10-34-16-14(35(33)27-21)7-28(2)15(16)18(30)26-11-4-5-13(22)12(6-11)17(23)24/h4-7,17,27H,3,8-10H2,1-2H3,(H,25,31)(H,26,30). The number of anilines is 1. The van der Waals surface area contributed by atoms with Crippen LogP contribution in [0.1, 0.15) is 29.4 Å². The lowest BCUT2D eigenvalue weighted by molar-refractivity contribution is -0.151. The van der Waals surface area contributed by atoms with Gasteiger partial charge in [0, 0.05) is 38.6 Å². The first-order valence-electron chi connectivity index (χ1n) is 10.5. The number of nitrogens with one attached hydrogen (secondary N) is 3. The number of fused-ring (bicyclic) bond motifs is 1. The topological polar surface area (TPSA) is 122 Å². The summed E-state index contributed by atoms with van der Waals surface area (Å²) in [5, 5.41) is 4.86. The molecule has 1 fully saturated rings. The average Bonchev–Trinajstić information content (AvgIpc) is 3.04. The molecule has 1 saturated heterocycles. The number of halogens is 3. The number of likely N-dealkylation sites (N-methyl/N-ethyl adjacent to an activating group) is 1. The second kappa shape index (κ2) is 9.34. The summed E-state index contributed by atoms with van der Waals surface area (Å²) in [4.78, 5) is 38.4. The minimum absolute atomic E-state index is 0.0234. The van der Waals surface area contributed by atoms with Gasteiger partial charge in [0.05, 0.1) is 11.1 Å². The monoisotopic (exact) mass is 513 g/mol. The van der Waals surface area contributed by atoms with Crippen molar-refractivity contribution in [1.29, 1.82) is 0 Å². The highest BCUT2D eigenvalue weighted by atomic mass is 32.2. The fraction of sp³-hybridized carbons (Fsp3) is 0.381. The second-order valence-corrected chi connectivity index (χ2v) is 9.41. The maximum atomic E-state index is 13.6. The number of ether oxygens (including phenoxy) is 1. The normalized spacial score (nSPS) is 18.3. The zero-order chi connectivity index (χ0) is 25.5. The summed E-state index contributed by atoms with van der Waals surface area (Å²) in [6, 6.07) is 2.81. The summed E-state index contributed by atoms with van der Waals surface area (Å²) in [7, 11) is -0.302. The highest BCUT2D eigenvalue weighted by Crippen LogP contribution is 2.35. The van der Waals surface area contributed by atoms with Crippen LogP contribution < -0.4 is 20.1 Å². The van der Waals surface area contributed by atoms with E-state index in [1.807, 2.05) is 0 Å². The van der Waals surface area contributed by atoms with E-state index in [1.54, 1.807) is 6.92 Å². The van der Waals surface area contributed by atoms with Crippen LogP contribution in [0.25, 0.3) is 0 Å². The van der Waals surface area contributed by atoms with Gasteiger partial charge in [0.2, 0.25) is 0 Å². The zero-order valence-electron chi connectivity index (χ0n) is 18.7. The Hall–Kier alpha value is -3.39. The SMILES string of the molecule is CCNC(=O)C(=O)N1CC2(COc3c(cn(C)c3C(=O)Nc3ccc(F)c(C(F)F)c3)S(=O)N2)C1. The summed E-state index contributed by atoms with van der Waals surface area (Å²) >= 11 is 0. The van der Waals surface area contributed by atoms with Gasteiger partial charge in [0.15, 0.2) is 11.4 Å². The van der Waals surface area contributed by atoms with Crippen LogP contribution in [0.5, 0.6) is 5.75 Å². The van der Waals surface area contributed by atoms with Gasteiger partial charge >= 0.3 is 11.8 Å². The van der Waals surface area contributed by atoms with Crippen molar-refractivity contribution in [2.45, 2.75) is 23.8 Å². The van der Waals surface area contributed by atoms with Gasteiger partial charge in [-0.3, -0.25) is 14.4 Å². The Kier molecular flexibility index (Phi) is 6.60. The number of aryl methyl sites for hydroxylation is 1. The van der Waals surface area contributed by atoms with Crippen molar-refractivity contribution in [3.05, 3.63) is 41.5 Å². The molecule has 2 aliphatic rings. The number of hydrogen-bond donors (Lipinski definition) is 3. The molecule has 1 atom stereocenters. The van der Waals surface area contributed by atoms with Gasteiger partial charge in [0.1, 0.15) is 28.3 Å². The van der Waals surface area contributed by atoms with Crippen molar-refractivity contribution in [2.24, 2.45) is 7.05 Å². The lowest BCUT2D eigenvalue weighted by Crippen LogP contribution is -2.73. The predicted octanol–water partition coefficient (Wildman–Crippen LogP) is 1.08. The average molecular weight is 513 g/mol. The van der Waals surface area contributed by atoms with Crippen molar-refractivity contribution in [1.82, 2.24) is 19.5 Å². The van der Waals surface area contributed by atoms with Gasteiger partial charge in [-0.25, -0.2) is 22.1 Å². The molecule has 10 nitrogen and oxygen atoms in total. The van der Waals surface area contributed by atoms with Crippen molar-refractivity contribution in [3.8, 4) is 5.75 Å². The number of rotatable bonds is 4. The molecular formula is C21H22F3N5O5S. The first kappa shape index (κ1) is 24.7. The molecule has 14 heteroatoms. The number of aromatic nitrogens is 1. The molecule has 1 aromatic heterocycles. The largest absolute Gasteiger partial charge is 0.488 e. The molecule has 1 aromatic carbocycles. The number of benzene rings is 1. The molecule has 0 saturated carbocycles. The molecule has 0 aliphatic carbocycles. The van der Waals surface area contributed by atoms with Gasteiger partial charge < -0.3 is 24.8 Å². The number of nitrogens with zero attached hydrogens (tertiary/aromatic N) is 2. The van der Waals surface area contributed by atoms with Gasteiger partial charge in [0.25, 0.3) is 12.3 Å². The molecule has 0 radical (unpaired) electrons. The van der Waals surface area contributed by atoms with Crippen molar-refractivity contribution in [3.63, 3.8) is 0 Å². The first-order chi connectivity index (χ1) is 16.5. The maximum Gasteiger partial charge on any atom is 0.312 e. The second-order valence-electron chi connectivity index (χ2n) is 8.23. The minimum Gasteiger partial charge on any atom is -0.488 e. The van der Waals surface area contributed by atoms with E-state index in [0.29, 0.717) is 6.54 Å². The van der Waals surface area contributed by atoms with E-state index in [0.717, 1.165) is 18.2 Å². The fourth-order valence-electron chi connectivity index (χ4n) is 3.94. The quantitative estimate of drug-likeness (QED) is 0.529. The van der Waals surface area contributed by atoms with E-state index in [1.165, 1.54) is 22.7 Å². The van der Waals surface area contributed by atoms with Crippen LogP contribution in [0, 0.1) is 5.82 Å². The number of hydrogen-bond acceptors (Lipinski definition) is 5. The third-order valence-electron chi connectivity index (χ3n) is 5.61. The first-order valence-corrected chi connectivity index (χ1v) is 11.7. The Balaban J connectivity index is 1.51. The van der Waals surface area contributed by atoms with Gasteiger partial charge in [-0.1, -0.05) is 0 Å². The smallest absolute Gasteiger partial charge is 0.312 e. The molecule has 3 heterocycles.